The van der Waals surface area contributed by atoms with Crippen LogP contribution in [0.3, 0.4) is 0 Å². The van der Waals surface area contributed by atoms with Gasteiger partial charge in [-0.05, 0) is 100 Å². The van der Waals surface area contributed by atoms with Crippen LogP contribution in [-0.2, 0) is 50.3 Å². The Morgan fingerprint density at radius 2 is 0.842 bits per heavy atom. The van der Waals surface area contributed by atoms with Crippen LogP contribution >= 0.6 is 0 Å². The number of aromatic nitrogens is 4. The molecular weight excluding hydrogens is 1650 g/mol. The molecule has 0 atom stereocenters. The van der Waals surface area contributed by atoms with E-state index >= 15 is 0 Å². The van der Waals surface area contributed by atoms with Crippen molar-refractivity contribution in [3.8, 4) is 57.9 Å². The zero-order valence-corrected chi connectivity index (χ0v) is 66.8. The molecule has 0 amide bonds. The van der Waals surface area contributed by atoms with Crippen molar-refractivity contribution in [2.45, 2.75) is 115 Å². The van der Waals surface area contributed by atoms with E-state index in [2.05, 4.69) is 200 Å². The molecule has 2 aliphatic rings. The topological polar surface area (TPSA) is 175 Å². The summed E-state index contributed by atoms with van der Waals surface area (Å²) >= 11 is 0. The summed E-state index contributed by atoms with van der Waals surface area (Å²) in [7, 11) is 15.0. The average molecular weight is 1740 g/mol. The average Bonchev–Trinajstić information content (AvgIpc) is 1.61. The van der Waals surface area contributed by atoms with Crippen molar-refractivity contribution in [2.24, 2.45) is 0 Å². The van der Waals surface area contributed by atoms with Crippen LogP contribution in [0.4, 0.5) is 0 Å². The van der Waals surface area contributed by atoms with Gasteiger partial charge in [0.25, 0.3) is 0 Å². The molecule has 0 saturated heterocycles. The minimum Gasteiger partial charge on any atom is -0.748 e. The second-order valence-electron chi connectivity index (χ2n) is 25.8. The summed E-state index contributed by atoms with van der Waals surface area (Å²) in [6.45, 7) is 14.1. The van der Waals surface area contributed by atoms with Crippen molar-refractivity contribution in [1.29, 1.82) is 0 Å². The fourth-order valence-corrected chi connectivity index (χ4v) is 14.7. The zero-order chi connectivity index (χ0) is 72.1. The maximum Gasteiger partial charge on any atom is 0.144 e. The standard InChI is InChI=1S/C20H19NOSi.C20H18NOSi.2C17H18N.C2H2.CH4O3S.2CH4O.B6.2Ir/c2*1-23(2,3)18-12-7-9-15-14-8-6-10-16(19(14)22-20(15)18)17-11-4-5-13-21-17;2*1-3-7-14(8-4-1)16-11-12-17(18-13-16)15-9-5-2-6-10-15;1-2;1-5(2,3)4;2*1-2;1-5(2)6(3)4;;/h4-13H,1-3H3;4-9,11-13H,1-3H3;2*2,5-6,9,11-14H,1,3-4,7-8H2;1-2H;1H3,(H,2,3,4);2*2H,1H3;;;/q;3*-1;;;;;;;/p-1. The molecule has 6 aromatic heterocycles. The molecule has 22 heteroatoms. The first-order valence-electron chi connectivity index (χ1n) is 33.3. The van der Waals surface area contributed by atoms with E-state index in [1.165, 1.54) is 102 Å². The number of para-hydroxylation sites is 3. The molecule has 0 unspecified atom stereocenters. The van der Waals surface area contributed by atoms with Crippen molar-refractivity contribution < 1.29 is 72.2 Å². The van der Waals surface area contributed by atoms with Gasteiger partial charge in [-0.15, -0.1) is 103 Å². The Hall–Kier alpha value is -6.97. The summed E-state index contributed by atoms with van der Waals surface area (Å²) in [5, 5.41) is 21.4. The Bertz CT molecular complexity index is 4210. The van der Waals surface area contributed by atoms with Crippen LogP contribution in [0.2, 0.25) is 39.3 Å². The Morgan fingerprint density at radius 1 is 0.455 bits per heavy atom. The van der Waals surface area contributed by atoms with Crippen LogP contribution in [0, 0.1) is 31.0 Å². The molecule has 2 fully saturated rings. The van der Waals surface area contributed by atoms with Gasteiger partial charge in [-0.1, -0.05) is 180 Å². The van der Waals surface area contributed by atoms with Crippen LogP contribution in [0.15, 0.2) is 210 Å². The van der Waals surface area contributed by atoms with Gasteiger partial charge in [0, 0.05) is 151 Å². The first kappa shape index (κ1) is 86.4. The maximum atomic E-state index is 9.08. The van der Waals surface area contributed by atoms with E-state index in [0.29, 0.717) is 6.26 Å². The number of hydrogen-bond acceptors (Lipinski definition) is 11. The smallest absolute Gasteiger partial charge is 0.144 e. The summed E-state index contributed by atoms with van der Waals surface area (Å²) < 4.78 is 40.0. The summed E-state index contributed by atoms with van der Waals surface area (Å²) in [6.07, 6.45) is 28.8. The molecule has 2 saturated carbocycles. The fraction of sp³-hybridized carbons (Fsp3) is 0.266. The van der Waals surface area contributed by atoms with Crippen LogP contribution in [0.25, 0.3) is 88.9 Å². The summed E-state index contributed by atoms with van der Waals surface area (Å²) in [4.78, 5) is 18.1. The monoisotopic (exact) mass is 1740 g/mol. The molecular formula is C79H86B6Ir2N4O7SSi2-4. The van der Waals surface area contributed by atoms with E-state index in [9.17, 15) is 0 Å². The largest absolute Gasteiger partial charge is 0.748 e. The second kappa shape index (κ2) is 43.2. The number of pyridine rings is 4. The van der Waals surface area contributed by atoms with Crippen LogP contribution < -0.4 is 10.4 Å². The van der Waals surface area contributed by atoms with E-state index in [4.69, 9.17) is 63.0 Å². The minimum atomic E-state index is -3.92. The Morgan fingerprint density at radius 3 is 1.21 bits per heavy atom. The molecule has 0 aliphatic heterocycles. The first-order chi connectivity index (χ1) is 47.6. The first-order valence-corrected chi connectivity index (χ1v) is 42.1. The molecule has 6 aromatic carbocycles. The third-order valence-corrected chi connectivity index (χ3v) is 20.6. The number of aliphatic hydroxyl groups excluding tert-OH is 2. The Kier molecular flexibility index (Phi) is 37.0. The van der Waals surface area contributed by atoms with Gasteiger partial charge in [0.15, 0.2) is 0 Å². The predicted molar refractivity (Wildman–Crippen MR) is 424 cm³/mol. The number of terminal acetylenes is 1. The summed E-state index contributed by atoms with van der Waals surface area (Å²) in [5.41, 5.74) is 14.7. The van der Waals surface area contributed by atoms with Gasteiger partial charge in [-0.3, -0.25) is 4.98 Å². The second-order valence-corrected chi connectivity index (χ2v) is 37.3. The van der Waals surface area contributed by atoms with Crippen molar-refractivity contribution in [1.82, 2.24) is 19.9 Å². The predicted octanol–water partition coefficient (Wildman–Crippen LogP) is 15.7. The molecule has 0 bridgehead atoms. The number of benzene rings is 6. The van der Waals surface area contributed by atoms with Gasteiger partial charge < -0.3 is 38.6 Å². The number of nitrogens with zero attached hydrogens (tertiary/aromatic N) is 4. The third kappa shape index (κ3) is 25.7. The normalized spacial score (nSPS) is 12.6. The van der Waals surface area contributed by atoms with E-state index in [-0.39, 0.29) is 40.2 Å². The molecule has 101 heavy (non-hydrogen) atoms. The Balaban J connectivity index is 0.000000265. The third-order valence-electron chi connectivity index (χ3n) is 16.6. The molecule has 14 rings (SSSR count). The number of furan rings is 2. The molecule has 12 aromatic rings. The number of hydrogen-bond donors (Lipinski definition) is 2. The van der Waals surface area contributed by atoms with Crippen molar-refractivity contribution in [3.05, 3.63) is 230 Å². The summed E-state index contributed by atoms with van der Waals surface area (Å²) in [6, 6.07) is 69.8. The van der Waals surface area contributed by atoms with E-state index in [0.717, 1.165) is 98.8 Å². The number of aliphatic hydroxyl groups is 2. The van der Waals surface area contributed by atoms with Crippen LogP contribution in [0.5, 0.6) is 0 Å². The molecule has 10 radical (unpaired) electrons. The molecule has 2 aliphatic carbocycles. The molecule has 0 spiro atoms. The van der Waals surface area contributed by atoms with Crippen LogP contribution in [-0.4, -0.2) is 123 Å². The van der Waals surface area contributed by atoms with E-state index in [1.807, 2.05) is 85.1 Å². The van der Waals surface area contributed by atoms with Gasteiger partial charge in [0.2, 0.25) is 0 Å². The van der Waals surface area contributed by atoms with Crippen LogP contribution in [0.1, 0.15) is 87.2 Å². The molecule has 6 heterocycles. The number of rotatable bonds is 9. The minimum absolute atomic E-state index is 0. The zero-order valence-electron chi connectivity index (χ0n) is 59.2. The maximum absolute atomic E-state index is 9.08. The quantitative estimate of drug-likeness (QED) is 0.0609. The Labute approximate surface area is 635 Å². The van der Waals surface area contributed by atoms with E-state index in [1.54, 1.807) is 6.20 Å². The van der Waals surface area contributed by atoms with Gasteiger partial charge in [-0.2, -0.15) is 0 Å². The van der Waals surface area contributed by atoms with Crippen molar-refractivity contribution in [3.63, 3.8) is 0 Å². The van der Waals surface area contributed by atoms with Gasteiger partial charge in [0.1, 0.15) is 16.7 Å². The SMILES string of the molecule is C#C.CO.CO.CS(=O)(=O)[O-].C[Si](C)(C)c1cccc2c1oc1c(-c3ccccn3)[c-]ccc12.C[Si](C)(C)c1cccc2c1oc1c(-c3ccccn3)cccc12.[B]B([B])B([B])[B].[Ir].[Ir].[c-]1ccccc1-c1ccc(C2CCCCC2)cn1.[c-]1ccccc1-c1ccc(C2CCCCC2)cn1. The van der Waals surface area contributed by atoms with Crippen molar-refractivity contribution in [2.75, 3.05) is 20.5 Å². The van der Waals surface area contributed by atoms with Gasteiger partial charge in [0.05, 0.1) is 37.5 Å². The molecule has 518 valence electrons. The van der Waals surface area contributed by atoms with Crippen molar-refractivity contribution >= 4 is 124 Å². The van der Waals surface area contributed by atoms with Gasteiger partial charge >= 0.3 is 0 Å². The number of fused-ring (bicyclic) bond motifs is 6. The summed E-state index contributed by atoms with van der Waals surface area (Å²) in [5.74, 6) is 1.47. The molecule has 2 N–H and O–H groups in total. The molecule has 11 nitrogen and oxygen atoms in total. The van der Waals surface area contributed by atoms with E-state index < -0.39 is 39.0 Å². The fourth-order valence-electron chi connectivity index (χ4n) is 11.8. The van der Waals surface area contributed by atoms with Gasteiger partial charge in [-0.25, -0.2) is 8.42 Å².